The summed E-state index contributed by atoms with van der Waals surface area (Å²) in [6.45, 7) is 9.21. The lowest BCUT2D eigenvalue weighted by Gasteiger charge is -2.58. The average Bonchev–Trinajstić information content (AvgIpc) is 2.99. The van der Waals surface area contributed by atoms with Crippen molar-refractivity contribution < 1.29 is 9.90 Å². The highest BCUT2D eigenvalue weighted by atomic mass is 16.3. The number of aliphatic hydroxyl groups is 1. The number of rotatable bonds is 3. The van der Waals surface area contributed by atoms with Gasteiger partial charge in [-0.05, 0) is 98.9 Å². The Kier molecular flexibility index (Phi) is 4.94. The van der Waals surface area contributed by atoms with Gasteiger partial charge in [-0.3, -0.25) is 4.79 Å². The molecule has 2 heteroatoms. The number of ketones is 1. The number of hydrogen-bond donors (Lipinski definition) is 1. The van der Waals surface area contributed by atoms with Crippen LogP contribution < -0.4 is 0 Å². The maximum atomic E-state index is 12.0. The number of hydrogen-bond acceptors (Lipinski definition) is 2. The van der Waals surface area contributed by atoms with E-state index in [4.69, 9.17) is 0 Å². The van der Waals surface area contributed by atoms with E-state index < -0.39 is 0 Å². The van der Waals surface area contributed by atoms with E-state index in [0.29, 0.717) is 23.2 Å². The number of aliphatic hydroxyl groups excluding tert-OH is 1. The summed E-state index contributed by atoms with van der Waals surface area (Å²) in [7, 11) is 0. The first kappa shape index (κ1) is 19.4. The zero-order chi connectivity index (χ0) is 19.4. The third kappa shape index (κ3) is 2.98. The molecule has 0 aromatic carbocycles. The van der Waals surface area contributed by atoms with Gasteiger partial charge in [-0.15, -0.1) is 0 Å². The summed E-state index contributed by atoms with van der Waals surface area (Å²) in [5.41, 5.74) is 3.59. The molecule has 4 rings (SSSR count). The Bertz CT molecular complexity index is 674. The van der Waals surface area contributed by atoms with Crippen LogP contribution in [0.15, 0.2) is 23.3 Å². The average molecular weight is 371 g/mol. The highest BCUT2D eigenvalue weighted by Crippen LogP contribution is 2.67. The summed E-state index contributed by atoms with van der Waals surface area (Å²) >= 11 is 0. The van der Waals surface area contributed by atoms with Gasteiger partial charge in [0.25, 0.3) is 0 Å². The fourth-order valence-corrected chi connectivity index (χ4v) is 7.85. The van der Waals surface area contributed by atoms with Crippen molar-refractivity contribution in [2.75, 3.05) is 0 Å². The maximum Gasteiger partial charge on any atom is 0.155 e. The fourth-order valence-electron chi connectivity index (χ4n) is 7.85. The van der Waals surface area contributed by atoms with Crippen LogP contribution in [-0.2, 0) is 4.79 Å². The van der Waals surface area contributed by atoms with Crippen LogP contribution in [0, 0.1) is 34.5 Å². The van der Waals surface area contributed by atoms with Crippen molar-refractivity contribution in [2.24, 2.45) is 34.5 Å². The Labute approximate surface area is 165 Å². The molecule has 0 heterocycles. The molecule has 150 valence electrons. The molecule has 0 unspecified atom stereocenters. The predicted molar refractivity (Wildman–Crippen MR) is 110 cm³/mol. The molecule has 0 bridgehead atoms. The molecule has 0 aromatic heterocycles. The molecule has 7 atom stereocenters. The summed E-state index contributed by atoms with van der Waals surface area (Å²) in [4.78, 5) is 12.0. The van der Waals surface area contributed by atoms with E-state index in [-0.39, 0.29) is 11.9 Å². The van der Waals surface area contributed by atoms with Gasteiger partial charge in [0.15, 0.2) is 5.78 Å². The molecule has 27 heavy (non-hydrogen) atoms. The minimum Gasteiger partial charge on any atom is -0.393 e. The van der Waals surface area contributed by atoms with Crippen LogP contribution in [0.2, 0.25) is 0 Å². The van der Waals surface area contributed by atoms with Crippen LogP contribution in [0.5, 0.6) is 0 Å². The molecule has 4 aliphatic carbocycles. The molecule has 2 nitrogen and oxygen atoms in total. The molecule has 1 N–H and O–H groups in total. The quantitative estimate of drug-likeness (QED) is 0.499. The van der Waals surface area contributed by atoms with Gasteiger partial charge in [0.1, 0.15) is 0 Å². The minimum absolute atomic E-state index is 0.116. The Balaban J connectivity index is 1.61. The molecule has 0 amide bonds. The molecule has 3 saturated carbocycles. The Hall–Kier alpha value is -0.890. The molecule has 0 radical (unpaired) electrons. The summed E-state index contributed by atoms with van der Waals surface area (Å²) in [6.07, 6.45) is 14.5. The third-order valence-electron chi connectivity index (χ3n) is 9.36. The molecule has 0 spiro atoms. The maximum absolute atomic E-state index is 12.0. The normalized spacial score (nSPS) is 46.9. The number of carbonyl (C=O) groups excluding carboxylic acids is 1. The van der Waals surface area contributed by atoms with Gasteiger partial charge in [-0.25, -0.2) is 0 Å². The third-order valence-corrected chi connectivity index (χ3v) is 9.36. The smallest absolute Gasteiger partial charge is 0.155 e. The molecular formula is C25H38O2. The first-order chi connectivity index (χ1) is 12.8. The monoisotopic (exact) mass is 370 g/mol. The van der Waals surface area contributed by atoms with E-state index in [1.165, 1.54) is 37.7 Å². The van der Waals surface area contributed by atoms with Crippen molar-refractivity contribution in [2.45, 2.75) is 91.6 Å². The van der Waals surface area contributed by atoms with E-state index in [2.05, 4.69) is 26.8 Å². The molecule has 3 fully saturated rings. The van der Waals surface area contributed by atoms with E-state index in [1.54, 1.807) is 5.57 Å². The van der Waals surface area contributed by atoms with Gasteiger partial charge in [-0.1, -0.05) is 38.0 Å². The molecule has 4 aliphatic rings. The van der Waals surface area contributed by atoms with Gasteiger partial charge in [0.2, 0.25) is 0 Å². The topological polar surface area (TPSA) is 37.3 Å². The lowest BCUT2D eigenvalue weighted by Crippen LogP contribution is -2.50. The van der Waals surface area contributed by atoms with Crippen LogP contribution in [0.1, 0.15) is 85.5 Å². The highest BCUT2D eigenvalue weighted by Gasteiger charge is 2.58. The summed E-state index contributed by atoms with van der Waals surface area (Å²) in [5, 5.41) is 10.2. The Morgan fingerprint density at radius 3 is 2.70 bits per heavy atom. The number of carbonyl (C=O) groups is 1. The SMILES string of the molecule is CCC(=O)/C=C(\C)[C@H]1CC[C@H]2[C@@H]3CC=C4C[C@@H](O)CC[C@]4(C)[C@H]3CC[C@]12C. The predicted octanol–water partition coefficient (Wildman–Crippen LogP) is 5.85. The fraction of sp³-hybridized carbons (Fsp3) is 0.800. The molecule has 0 aromatic rings. The van der Waals surface area contributed by atoms with Crippen molar-refractivity contribution in [3.8, 4) is 0 Å². The Morgan fingerprint density at radius 2 is 1.96 bits per heavy atom. The van der Waals surface area contributed by atoms with Crippen LogP contribution in [0.25, 0.3) is 0 Å². The van der Waals surface area contributed by atoms with Crippen LogP contribution in [-0.4, -0.2) is 17.0 Å². The van der Waals surface area contributed by atoms with Crippen molar-refractivity contribution in [1.82, 2.24) is 0 Å². The second-order valence-corrected chi connectivity index (χ2v) is 10.5. The van der Waals surface area contributed by atoms with E-state index in [0.717, 1.165) is 37.0 Å². The van der Waals surface area contributed by atoms with E-state index in [9.17, 15) is 9.90 Å². The summed E-state index contributed by atoms with van der Waals surface area (Å²) in [5.74, 6) is 3.26. The standard InChI is InChI=1S/C25H38O2/c1-5-18(26)14-16(2)21-8-9-22-20-7-6-17-15-19(27)10-12-24(17,3)23(20)11-13-25(21,22)4/h6,14,19-23,27H,5,7-13,15H2,1-4H3/b16-14+/t19-,20-,21+,22-,23-,24-,25+/m0/s1. The zero-order valence-electron chi connectivity index (χ0n) is 17.8. The Morgan fingerprint density at radius 1 is 1.19 bits per heavy atom. The second kappa shape index (κ2) is 6.87. The van der Waals surface area contributed by atoms with Gasteiger partial charge >= 0.3 is 0 Å². The van der Waals surface area contributed by atoms with Gasteiger partial charge in [0.05, 0.1) is 6.10 Å². The van der Waals surface area contributed by atoms with Crippen LogP contribution in [0.3, 0.4) is 0 Å². The van der Waals surface area contributed by atoms with Crippen molar-refractivity contribution in [3.05, 3.63) is 23.3 Å². The lowest BCUT2D eigenvalue weighted by atomic mass is 9.47. The molecular weight excluding hydrogens is 332 g/mol. The van der Waals surface area contributed by atoms with Gasteiger partial charge in [0, 0.05) is 6.42 Å². The lowest BCUT2D eigenvalue weighted by molar-refractivity contribution is -0.114. The molecule has 0 saturated heterocycles. The van der Waals surface area contributed by atoms with E-state index in [1.807, 2.05) is 13.0 Å². The minimum atomic E-state index is -0.116. The first-order valence-electron chi connectivity index (χ1n) is 11.4. The van der Waals surface area contributed by atoms with E-state index >= 15 is 0 Å². The van der Waals surface area contributed by atoms with Crippen molar-refractivity contribution in [1.29, 1.82) is 0 Å². The highest BCUT2D eigenvalue weighted by molar-refractivity contribution is 5.90. The van der Waals surface area contributed by atoms with Crippen LogP contribution >= 0.6 is 0 Å². The van der Waals surface area contributed by atoms with Gasteiger partial charge < -0.3 is 5.11 Å². The largest absolute Gasteiger partial charge is 0.393 e. The summed E-state index contributed by atoms with van der Waals surface area (Å²) < 4.78 is 0. The van der Waals surface area contributed by atoms with Gasteiger partial charge in [-0.2, -0.15) is 0 Å². The van der Waals surface area contributed by atoms with Crippen LogP contribution in [0.4, 0.5) is 0 Å². The number of fused-ring (bicyclic) bond motifs is 5. The van der Waals surface area contributed by atoms with Crippen molar-refractivity contribution in [3.63, 3.8) is 0 Å². The second-order valence-electron chi connectivity index (χ2n) is 10.5. The van der Waals surface area contributed by atoms with Crippen molar-refractivity contribution >= 4 is 5.78 Å². The number of allylic oxidation sites excluding steroid dienone is 3. The summed E-state index contributed by atoms with van der Waals surface area (Å²) in [6, 6.07) is 0. The molecule has 0 aliphatic heterocycles. The zero-order valence-corrected chi connectivity index (χ0v) is 17.8. The first-order valence-corrected chi connectivity index (χ1v) is 11.4.